The van der Waals surface area contributed by atoms with Gasteiger partial charge in [-0.1, -0.05) is 33.8 Å². The quantitative estimate of drug-likeness (QED) is 0.394. The van der Waals surface area contributed by atoms with Gasteiger partial charge in [0.05, 0.1) is 16.2 Å². The van der Waals surface area contributed by atoms with Gasteiger partial charge in [0.2, 0.25) is 15.9 Å². The highest BCUT2D eigenvalue weighted by atomic mass is 79.9. The number of sulfonamides is 1. The summed E-state index contributed by atoms with van der Waals surface area (Å²) in [7, 11) is -2.15. The second-order valence-corrected chi connectivity index (χ2v) is 11.1. The van der Waals surface area contributed by atoms with Crippen molar-refractivity contribution in [3.8, 4) is 11.5 Å². The summed E-state index contributed by atoms with van der Waals surface area (Å²) < 4.78 is 60.6. The van der Waals surface area contributed by atoms with Crippen LogP contribution >= 0.6 is 27.7 Å². The molecular formula is C19H19BrF2N6O4S2. The average molecular weight is 577 g/mol. The number of aromatic nitrogens is 4. The van der Waals surface area contributed by atoms with Crippen LogP contribution in [0.25, 0.3) is 11.5 Å². The number of piperazine rings is 1. The SMILES string of the molecule is Cn1cc(-c2nnc(SCC(=O)N3CCN(S(=O)(=O)c4cccc(Br)c4)CC3)o2)c(C(F)F)n1. The fourth-order valence-electron chi connectivity index (χ4n) is 3.38. The molecule has 34 heavy (non-hydrogen) atoms. The molecule has 0 saturated carbocycles. The summed E-state index contributed by atoms with van der Waals surface area (Å²) in [6, 6.07) is 6.47. The highest BCUT2D eigenvalue weighted by molar-refractivity contribution is 9.10. The average Bonchev–Trinajstić information content (AvgIpc) is 3.44. The van der Waals surface area contributed by atoms with Crippen molar-refractivity contribution in [2.24, 2.45) is 7.05 Å². The van der Waals surface area contributed by atoms with E-state index < -0.39 is 22.1 Å². The minimum atomic E-state index is -3.65. The van der Waals surface area contributed by atoms with Gasteiger partial charge >= 0.3 is 0 Å². The second-order valence-electron chi connectivity index (χ2n) is 7.31. The number of carbonyl (C=O) groups is 1. The minimum Gasteiger partial charge on any atom is -0.411 e. The van der Waals surface area contributed by atoms with E-state index in [-0.39, 0.29) is 59.4 Å². The predicted molar refractivity (Wildman–Crippen MR) is 122 cm³/mol. The summed E-state index contributed by atoms with van der Waals surface area (Å²) in [6.45, 7) is 0.838. The first-order chi connectivity index (χ1) is 16.1. The van der Waals surface area contributed by atoms with Gasteiger partial charge in [0.15, 0.2) is 0 Å². The first kappa shape index (κ1) is 24.8. The van der Waals surface area contributed by atoms with Gasteiger partial charge in [0.25, 0.3) is 17.5 Å². The van der Waals surface area contributed by atoms with E-state index in [0.717, 1.165) is 11.8 Å². The zero-order valence-corrected chi connectivity index (χ0v) is 21.0. The molecule has 0 bridgehead atoms. The number of halogens is 3. The molecule has 4 rings (SSSR count). The van der Waals surface area contributed by atoms with Gasteiger partial charge in [-0.2, -0.15) is 9.40 Å². The topological polar surface area (TPSA) is 114 Å². The van der Waals surface area contributed by atoms with Crippen LogP contribution in [0.4, 0.5) is 8.78 Å². The Balaban J connectivity index is 1.32. The number of thioether (sulfide) groups is 1. The number of alkyl halides is 2. The van der Waals surface area contributed by atoms with E-state index in [1.807, 2.05) is 0 Å². The summed E-state index contributed by atoms with van der Waals surface area (Å²) in [5.74, 6) is -0.349. The number of rotatable bonds is 7. The molecule has 3 heterocycles. The van der Waals surface area contributed by atoms with Crippen molar-refractivity contribution >= 4 is 43.6 Å². The molecule has 3 aromatic rings. The molecule has 0 spiro atoms. The van der Waals surface area contributed by atoms with Crippen molar-refractivity contribution in [3.05, 3.63) is 40.6 Å². The molecule has 1 aliphatic heterocycles. The Morgan fingerprint density at radius 1 is 1.24 bits per heavy atom. The van der Waals surface area contributed by atoms with Crippen LogP contribution < -0.4 is 0 Å². The van der Waals surface area contributed by atoms with E-state index in [0.29, 0.717) is 4.47 Å². The number of carbonyl (C=O) groups excluding carboxylic acids is 1. The lowest BCUT2D eigenvalue weighted by atomic mass is 10.2. The van der Waals surface area contributed by atoms with Crippen molar-refractivity contribution in [2.75, 3.05) is 31.9 Å². The maximum atomic E-state index is 13.1. The van der Waals surface area contributed by atoms with Gasteiger partial charge in [0.1, 0.15) is 5.69 Å². The molecule has 0 atom stereocenters. The van der Waals surface area contributed by atoms with Crippen LogP contribution in [0.5, 0.6) is 0 Å². The third kappa shape index (κ3) is 5.31. The minimum absolute atomic E-state index is 0.0191. The Morgan fingerprint density at radius 2 is 1.97 bits per heavy atom. The van der Waals surface area contributed by atoms with E-state index >= 15 is 0 Å². The van der Waals surface area contributed by atoms with Gasteiger partial charge in [-0.05, 0) is 18.2 Å². The molecule has 0 aliphatic carbocycles. The third-order valence-corrected chi connectivity index (χ3v) is 8.24. The molecule has 0 N–H and O–H groups in total. The molecule has 1 fully saturated rings. The van der Waals surface area contributed by atoms with Crippen LogP contribution in [0.3, 0.4) is 0 Å². The van der Waals surface area contributed by atoms with Crippen LogP contribution in [0.1, 0.15) is 12.1 Å². The number of hydrogen-bond donors (Lipinski definition) is 0. The largest absolute Gasteiger partial charge is 0.411 e. The summed E-state index contributed by atoms with van der Waals surface area (Å²) in [5.41, 5.74) is -0.430. The van der Waals surface area contributed by atoms with Crippen LogP contribution in [0, 0.1) is 0 Å². The lowest BCUT2D eigenvalue weighted by Crippen LogP contribution is -2.50. The highest BCUT2D eigenvalue weighted by Gasteiger charge is 2.30. The Hall–Kier alpha value is -2.36. The number of benzene rings is 1. The van der Waals surface area contributed by atoms with Crippen LogP contribution in [-0.4, -0.2) is 75.4 Å². The Bertz CT molecular complexity index is 1290. The number of amides is 1. The number of nitrogens with zero attached hydrogens (tertiary/aromatic N) is 6. The maximum absolute atomic E-state index is 13.1. The molecule has 182 valence electrons. The van der Waals surface area contributed by atoms with E-state index in [4.69, 9.17) is 4.42 Å². The van der Waals surface area contributed by atoms with Crippen LogP contribution in [0.2, 0.25) is 0 Å². The molecule has 1 amide bonds. The van der Waals surface area contributed by atoms with E-state index in [9.17, 15) is 22.0 Å². The van der Waals surface area contributed by atoms with Gasteiger partial charge in [0, 0.05) is 43.9 Å². The summed E-state index contributed by atoms with van der Waals surface area (Å²) in [4.78, 5) is 14.3. The lowest BCUT2D eigenvalue weighted by molar-refractivity contribution is -0.129. The summed E-state index contributed by atoms with van der Waals surface area (Å²) in [6.07, 6.45) is -1.44. The van der Waals surface area contributed by atoms with Crippen molar-refractivity contribution in [1.29, 1.82) is 0 Å². The number of hydrogen-bond acceptors (Lipinski definition) is 8. The molecule has 0 radical (unpaired) electrons. The zero-order chi connectivity index (χ0) is 24.5. The lowest BCUT2D eigenvalue weighted by Gasteiger charge is -2.34. The number of aryl methyl sites for hydroxylation is 1. The van der Waals surface area contributed by atoms with Crippen LogP contribution in [0.15, 0.2) is 49.5 Å². The normalized spacial score (nSPS) is 15.3. The molecule has 15 heteroatoms. The van der Waals surface area contributed by atoms with Crippen molar-refractivity contribution < 1.29 is 26.4 Å². The maximum Gasteiger partial charge on any atom is 0.282 e. The molecule has 10 nitrogen and oxygen atoms in total. The zero-order valence-electron chi connectivity index (χ0n) is 17.8. The van der Waals surface area contributed by atoms with E-state index in [1.165, 1.54) is 34.4 Å². The second kappa shape index (κ2) is 10.1. The van der Waals surface area contributed by atoms with E-state index in [2.05, 4.69) is 31.2 Å². The Kier molecular flexibility index (Phi) is 7.35. The van der Waals surface area contributed by atoms with E-state index in [1.54, 1.807) is 17.0 Å². The molecule has 1 aliphatic rings. The first-order valence-electron chi connectivity index (χ1n) is 9.97. The fourth-order valence-corrected chi connectivity index (χ4v) is 6.06. The summed E-state index contributed by atoms with van der Waals surface area (Å²) >= 11 is 4.26. The van der Waals surface area contributed by atoms with Crippen LogP contribution in [-0.2, 0) is 21.9 Å². The fraction of sp³-hybridized carbons (Fsp3) is 0.368. The van der Waals surface area contributed by atoms with Crippen molar-refractivity contribution in [2.45, 2.75) is 16.5 Å². The van der Waals surface area contributed by atoms with Gasteiger partial charge < -0.3 is 9.32 Å². The molecule has 1 aromatic carbocycles. The highest BCUT2D eigenvalue weighted by Crippen LogP contribution is 2.31. The van der Waals surface area contributed by atoms with Crippen molar-refractivity contribution in [1.82, 2.24) is 29.2 Å². The molecule has 2 aromatic heterocycles. The Morgan fingerprint density at radius 3 is 2.65 bits per heavy atom. The predicted octanol–water partition coefficient (Wildman–Crippen LogP) is 2.80. The Labute approximate surface area is 206 Å². The van der Waals surface area contributed by atoms with Crippen molar-refractivity contribution in [3.63, 3.8) is 0 Å². The summed E-state index contributed by atoms with van der Waals surface area (Å²) in [5, 5.41) is 11.3. The third-order valence-electron chi connectivity index (χ3n) is 5.05. The van der Waals surface area contributed by atoms with Gasteiger partial charge in [-0.3, -0.25) is 9.48 Å². The monoisotopic (exact) mass is 576 g/mol. The first-order valence-corrected chi connectivity index (χ1v) is 13.2. The molecule has 0 unspecified atom stereocenters. The smallest absolute Gasteiger partial charge is 0.282 e. The van der Waals surface area contributed by atoms with Gasteiger partial charge in [-0.25, -0.2) is 17.2 Å². The molecular weight excluding hydrogens is 558 g/mol. The van der Waals surface area contributed by atoms with Gasteiger partial charge in [-0.15, -0.1) is 10.2 Å². The molecule has 1 saturated heterocycles. The standard InChI is InChI=1S/C19H19BrF2N6O4S2/c1-26-10-14(16(25-26)17(21)22)18-23-24-19(32-18)33-11-15(29)27-5-7-28(8-6-27)34(30,31)13-4-2-3-12(20)9-13/h2-4,9-10,17H,5-8,11H2,1H3.